The van der Waals surface area contributed by atoms with Gasteiger partial charge in [0.15, 0.2) is 0 Å². The summed E-state index contributed by atoms with van der Waals surface area (Å²) < 4.78 is 0. The van der Waals surface area contributed by atoms with Gasteiger partial charge in [-0.1, -0.05) is 18.2 Å². The fourth-order valence-corrected chi connectivity index (χ4v) is 2.83. The van der Waals surface area contributed by atoms with E-state index in [-0.39, 0.29) is 0 Å². The topological polar surface area (TPSA) is 24.9 Å². The summed E-state index contributed by atoms with van der Waals surface area (Å²) >= 11 is 5.98. The first-order valence-electron chi connectivity index (χ1n) is 6.04. The molecule has 0 atom stereocenters. The van der Waals surface area contributed by atoms with E-state index in [2.05, 4.69) is 16.4 Å². The van der Waals surface area contributed by atoms with Gasteiger partial charge in [-0.2, -0.15) is 0 Å². The highest BCUT2D eigenvalue weighted by Crippen LogP contribution is 2.32. The summed E-state index contributed by atoms with van der Waals surface area (Å²) in [6.45, 7) is 1.01. The Morgan fingerprint density at radius 3 is 2.88 bits per heavy atom. The number of benzene rings is 1. The van der Waals surface area contributed by atoms with Gasteiger partial charge in [0.2, 0.25) is 0 Å². The number of nitrogens with zero attached hydrogens (tertiary/aromatic N) is 1. The molecule has 0 spiro atoms. The molecule has 0 bridgehead atoms. The van der Waals surface area contributed by atoms with Crippen LogP contribution < -0.4 is 5.32 Å². The van der Waals surface area contributed by atoms with Gasteiger partial charge in [-0.15, -0.1) is 11.6 Å². The first-order chi connectivity index (χ1) is 8.33. The molecule has 0 amide bonds. The Labute approximate surface area is 106 Å². The highest BCUT2D eigenvalue weighted by atomic mass is 35.5. The second-order valence-electron chi connectivity index (χ2n) is 4.69. The molecule has 1 aromatic carbocycles. The molecular weight excluding hydrogens is 232 g/mol. The molecule has 1 aromatic heterocycles. The lowest BCUT2D eigenvalue weighted by molar-refractivity contribution is 0.341. The Morgan fingerprint density at radius 2 is 2.06 bits per heavy atom. The number of hydrogen-bond donors (Lipinski definition) is 1. The molecule has 3 rings (SSSR count). The standard InChI is InChI=1S/C14H15ClN2/c15-11-7-10(8-11)9-17-14-5-6-16-13-4-2-1-3-12(13)14/h1-6,10-11H,7-9H2,(H,16,17). The second-order valence-corrected chi connectivity index (χ2v) is 5.31. The molecule has 1 N–H and O–H groups in total. The minimum Gasteiger partial charge on any atom is -0.384 e. The van der Waals surface area contributed by atoms with Crippen molar-refractivity contribution in [3.8, 4) is 0 Å². The van der Waals surface area contributed by atoms with Gasteiger partial charge in [0.25, 0.3) is 0 Å². The van der Waals surface area contributed by atoms with Crippen LogP contribution in [0.3, 0.4) is 0 Å². The largest absolute Gasteiger partial charge is 0.384 e. The molecule has 0 aliphatic heterocycles. The number of rotatable bonds is 3. The van der Waals surface area contributed by atoms with Gasteiger partial charge in [-0.05, 0) is 30.9 Å². The van der Waals surface area contributed by atoms with E-state index < -0.39 is 0 Å². The SMILES string of the molecule is ClC1CC(CNc2ccnc3ccccc23)C1. The van der Waals surface area contributed by atoms with Crippen LogP contribution in [0.5, 0.6) is 0 Å². The van der Waals surface area contributed by atoms with E-state index in [1.807, 2.05) is 30.5 Å². The van der Waals surface area contributed by atoms with Crippen molar-refractivity contribution in [1.82, 2.24) is 4.98 Å². The van der Waals surface area contributed by atoms with E-state index >= 15 is 0 Å². The van der Waals surface area contributed by atoms with Crippen molar-refractivity contribution in [1.29, 1.82) is 0 Å². The van der Waals surface area contributed by atoms with Gasteiger partial charge in [0.1, 0.15) is 0 Å². The van der Waals surface area contributed by atoms with Crippen molar-refractivity contribution in [2.75, 3.05) is 11.9 Å². The number of pyridine rings is 1. The maximum atomic E-state index is 5.98. The van der Waals surface area contributed by atoms with Crippen molar-refractivity contribution in [2.24, 2.45) is 5.92 Å². The predicted molar refractivity (Wildman–Crippen MR) is 72.6 cm³/mol. The third-order valence-electron chi connectivity index (χ3n) is 3.41. The second kappa shape index (κ2) is 4.53. The monoisotopic (exact) mass is 246 g/mol. The van der Waals surface area contributed by atoms with E-state index in [0.29, 0.717) is 5.38 Å². The van der Waals surface area contributed by atoms with Crippen LogP contribution in [0, 0.1) is 5.92 Å². The van der Waals surface area contributed by atoms with Crippen LogP contribution in [-0.4, -0.2) is 16.9 Å². The maximum Gasteiger partial charge on any atom is 0.0722 e. The molecule has 1 heterocycles. The van der Waals surface area contributed by atoms with E-state index in [0.717, 1.165) is 30.8 Å². The van der Waals surface area contributed by atoms with Gasteiger partial charge in [0, 0.05) is 29.2 Å². The molecule has 1 fully saturated rings. The summed E-state index contributed by atoms with van der Waals surface area (Å²) in [5, 5.41) is 5.10. The van der Waals surface area contributed by atoms with E-state index in [4.69, 9.17) is 11.6 Å². The first-order valence-corrected chi connectivity index (χ1v) is 6.48. The Balaban J connectivity index is 1.76. The van der Waals surface area contributed by atoms with Crippen LogP contribution in [0.15, 0.2) is 36.5 Å². The molecule has 0 unspecified atom stereocenters. The zero-order chi connectivity index (χ0) is 11.7. The fourth-order valence-electron chi connectivity index (χ4n) is 2.33. The van der Waals surface area contributed by atoms with Crippen LogP contribution in [0.4, 0.5) is 5.69 Å². The predicted octanol–water partition coefficient (Wildman–Crippen LogP) is 3.66. The van der Waals surface area contributed by atoms with Gasteiger partial charge in [-0.25, -0.2) is 0 Å². The Morgan fingerprint density at radius 1 is 1.24 bits per heavy atom. The average molecular weight is 247 g/mol. The van der Waals surface area contributed by atoms with Crippen LogP contribution in [-0.2, 0) is 0 Å². The normalized spacial score (nSPS) is 23.4. The molecule has 1 saturated carbocycles. The molecule has 17 heavy (non-hydrogen) atoms. The maximum absolute atomic E-state index is 5.98. The molecule has 88 valence electrons. The van der Waals surface area contributed by atoms with Crippen molar-refractivity contribution < 1.29 is 0 Å². The van der Waals surface area contributed by atoms with Crippen LogP contribution in [0.2, 0.25) is 0 Å². The number of hydrogen-bond acceptors (Lipinski definition) is 2. The number of alkyl halides is 1. The lowest BCUT2D eigenvalue weighted by Gasteiger charge is -2.31. The molecule has 3 heteroatoms. The van der Waals surface area contributed by atoms with Crippen molar-refractivity contribution in [2.45, 2.75) is 18.2 Å². The molecule has 1 aliphatic rings. The molecule has 2 aromatic rings. The molecule has 0 radical (unpaired) electrons. The van der Waals surface area contributed by atoms with Crippen molar-refractivity contribution >= 4 is 28.2 Å². The number of fused-ring (bicyclic) bond motifs is 1. The summed E-state index contributed by atoms with van der Waals surface area (Å²) in [6.07, 6.45) is 4.13. The van der Waals surface area contributed by atoms with E-state index in [1.165, 1.54) is 11.1 Å². The minimum atomic E-state index is 0.399. The highest BCUT2D eigenvalue weighted by Gasteiger charge is 2.26. The lowest BCUT2D eigenvalue weighted by Crippen LogP contribution is -2.29. The third kappa shape index (κ3) is 2.22. The number of aromatic nitrogens is 1. The number of halogens is 1. The van der Waals surface area contributed by atoms with Crippen molar-refractivity contribution in [3.63, 3.8) is 0 Å². The third-order valence-corrected chi connectivity index (χ3v) is 3.76. The van der Waals surface area contributed by atoms with Gasteiger partial charge >= 0.3 is 0 Å². The molecule has 1 aliphatic carbocycles. The van der Waals surface area contributed by atoms with Gasteiger partial charge in [0.05, 0.1) is 5.52 Å². The smallest absolute Gasteiger partial charge is 0.0722 e. The minimum absolute atomic E-state index is 0.399. The lowest BCUT2D eigenvalue weighted by atomic mass is 9.85. The summed E-state index contributed by atoms with van der Waals surface area (Å²) in [6, 6.07) is 10.3. The highest BCUT2D eigenvalue weighted by molar-refractivity contribution is 6.21. The summed E-state index contributed by atoms with van der Waals surface area (Å²) in [5.74, 6) is 0.726. The van der Waals surface area contributed by atoms with E-state index in [9.17, 15) is 0 Å². The van der Waals surface area contributed by atoms with Crippen LogP contribution in [0.1, 0.15) is 12.8 Å². The molecule has 0 saturated heterocycles. The molecule has 2 nitrogen and oxygen atoms in total. The van der Waals surface area contributed by atoms with Crippen LogP contribution in [0.25, 0.3) is 10.9 Å². The first kappa shape index (κ1) is 10.8. The Hall–Kier alpha value is -1.28. The van der Waals surface area contributed by atoms with Crippen LogP contribution >= 0.6 is 11.6 Å². The zero-order valence-corrected chi connectivity index (χ0v) is 10.3. The zero-order valence-electron chi connectivity index (χ0n) is 9.57. The molecular formula is C14H15ClN2. The number of anilines is 1. The fraction of sp³-hybridized carbons (Fsp3) is 0.357. The number of nitrogens with one attached hydrogen (secondary N) is 1. The quantitative estimate of drug-likeness (QED) is 0.836. The summed E-state index contributed by atoms with van der Waals surface area (Å²) in [5.41, 5.74) is 2.22. The van der Waals surface area contributed by atoms with Gasteiger partial charge < -0.3 is 5.32 Å². The Kier molecular flexibility index (Phi) is 2.89. The summed E-state index contributed by atoms with van der Waals surface area (Å²) in [4.78, 5) is 4.35. The number of para-hydroxylation sites is 1. The van der Waals surface area contributed by atoms with E-state index in [1.54, 1.807) is 0 Å². The van der Waals surface area contributed by atoms with Gasteiger partial charge in [-0.3, -0.25) is 4.98 Å². The average Bonchev–Trinajstić information content (AvgIpc) is 2.33. The summed E-state index contributed by atoms with van der Waals surface area (Å²) in [7, 11) is 0. The van der Waals surface area contributed by atoms with Crippen molar-refractivity contribution in [3.05, 3.63) is 36.5 Å². The Bertz CT molecular complexity index is 515.